The molecule has 0 unspecified atom stereocenters. The summed E-state index contributed by atoms with van der Waals surface area (Å²) in [6, 6.07) is 4.06. The minimum Gasteiger partial charge on any atom is -0.507 e. The van der Waals surface area contributed by atoms with Crippen molar-refractivity contribution in [1.82, 2.24) is 5.32 Å². The van der Waals surface area contributed by atoms with Crippen LogP contribution in [0, 0.1) is 5.82 Å². The van der Waals surface area contributed by atoms with Crippen molar-refractivity contribution in [3.05, 3.63) is 35.7 Å². The minimum absolute atomic E-state index is 0.0912. The Bertz CT molecular complexity index is 458. The molecular weight excluding hydrogens is 249 g/mol. The highest BCUT2D eigenvalue weighted by molar-refractivity contribution is 5.68. The van der Waals surface area contributed by atoms with Crippen LogP contribution in [-0.4, -0.2) is 23.3 Å². The molecule has 5 heteroatoms. The third kappa shape index (κ3) is 5.42. The van der Waals surface area contributed by atoms with Crippen LogP contribution in [0.25, 0.3) is 6.08 Å². The lowest BCUT2D eigenvalue weighted by molar-refractivity contribution is 0.0534. The van der Waals surface area contributed by atoms with Crippen LogP contribution in [-0.2, 0) is 4.74 Å². The zero-order valence-electron chi connectivity index (χ0n) is 11.2. The van der Waals surface area contributed by atoms with E-state index in [1.54, 1.807) is 20.8 Å². The molecule has 0 bridgehead atoms. The topological polar surface area (TPSA) is 58.6 Å². The molecule has 0 radical (unpaired) electrons. The van der Waals surface area contributed by atoms with E-state index >= 15 is 0 Å². The van der Waals surface area contributed by atoms with Crippen LogP contribution in [0.2, 0.25) is 0 Å². The minimum atomic E-state index is -0.558. The average molecular weight is 267 g/mol. The fourth-order valence-electron chi connectivity index (χ4n) is 1.32. The molecule has 104 valence electrons. The van der Waals surface area contributed by atoms with E-state index in [0.29, 0.717) is 0 Å². The Morgan fingerprint density at radius 3 is 2.74 bits per heavy atom. The number of hydrogen-bond donors (Lipinski definition) is 2. The lowest BCUT2D eigenvalue weighted by Crippen LogP contribution is -2.32. The van der Waals surface area contributed by atoms with Crippen molar-refractivity contribution in [2.45, 2.75) is 26.4 Å². The maximum atomic E-state index is 13.3. The predicted octanol–water partition coefficient (Wildman–Crippen LogP) is 3.07. The first-order valence-electron chi connectivity index (χ1n) is 5.90. The van der Waals surface area contributed by atoms with Gasteiger partial charge in [-0.1, -0.05) is 18.2 Å². The molecule has 0 heterocycles. The third-order valence-electron chi connectivity index (χ3n) is 2.08. The first kappa shape index (κ1) is 15.0. The molecule has 1 rings (SSSR count). The molecule has 0 saturated heterocycles. The monoisotopic (exact) mass is 267 g/mol. The highest BCUT2D eigenvalue weighted by atomic mass is 19.1. The maximum Gasteiger partial charge on any atom is 0.407 e. The third-order valence-corrected chi connectivity index (χ3v) is 2.08. The second kappa shape index (κ2) is 6.22. The number of hydrogen-bond acceptors (Lipinski definition) is 3. The van der Waals surface area contributed by atoms with Crippen molar-refractivity contribution in [2.24, 2.45) is 0 Å². The zero-order valence-corrected chi connectivity index (χ0v) is 11.2. The first-order chi connectivity index (χ1) is 8.79. The van der Waals surface area contributed by atoms with Crippen LogP contribution >= 0.6 is 0 Å². The Morgan fingerprint density at radius 1 is 1.47 bits per heavy atom. The zero-order chi connectivity index (χ0) is 14.5. The Morgan fingerprint density at radius 2 is 2.16 bits per heavy atom. The fraction of sp³-hybridized carbons (Fsp3) is 0.357. The van der Waals surface area contributed by atoms with Crippen LogP contribution in [0.1, 0.15) is 26.3 Å². The van der Waals surface area contributed by atoms with E-state index in [-0.39, 0.29) is 17.9 Å². The average Bonchev–Trinajstić information content (AvgIpc) is 2.25. The molecule has 0 aromatic heterocycles. The largest absolute Gasteiger partial charge is 0.507 e. The molecule has 1 aromatic rings. The molecule has 1 aromatic carbocycles. The number of amides is 1. The van der Waals surface area contributed by atoms with Gasteiger partial charge < -0.3 is 15.2 Å². The molecule has 2 N–H and O–H groups in total. The molecular formula is C14H18FNO3. The van der Waals surface area contributed by atoms with Gasteiger partial charge in [-0.2, -0.15) is 0 Å². The number of ether oxygens (including phenoxy) is 1. The molecule has 0 aliphatic heterocycles. The maximum absolute atomic E-state index is 13.3. The summed E-state index contributed by atoms with van der Waals surface area (Å²) in [6.45, 7) is 5.47. The molecule has 0 aliphatic rings. The van der Waals surface area contributed by atoms with Crippen molar-refractivity contribution in [1.29, 1.82) is 0 Å². The molecule has 19 heavy (non-hydrogen) atoms. The van der Waals surface area contributed by atoms with E-state index < -0.39 is 17.5 Å². The summed E-state index contributed by atoms with van der Waals surface area (Å²) in [7, 11) is 0. The van der Waals surface area contributed by atoms with Gasteiger partial charge in [0.1, 0.15) is 17.2 Å². The molecule has 0 atom stereocenters. The van der Waals surface area contributed by atoms with Gasteiger partial charge in [0, 0.05) is 6.54 Å². The summed E-state index contributed by atoms with van der Waals surface area (Å²) in [5, 5.41) is 11.9. The Balaban J connectivity index is 2.49. The van der Waals surface area contributed by atoms with Crippen molar-refractivity contribution >= 4 is 12.2 Å². The van der Waals surface area contributed by atoms with Crippen molar-refractivity contribution in [3.8, 4) is 5.75 Å². The lowest BCUT2D eigenvalue weighted by atomic mass is 10.2. The number of halogens is 1. The van der Waals surface area contributed by atoms with Crippen LogP contribution in [0.5, 0.6) is 5.75 Å². The predicted molar refractivity (Wildman–Crippen MR) is 71.3 cm³/mol. The van der Waals surface area contributed by atoms with E-state index in [9.17, 15) is 14.3 Å². The van der Waals surface area contributed by atoms with E-state index in [4.69, 9.17) is 4.74 Å². The second-order valence-electron chi connectivity index (χ2n) is 4.96. The number of aromatic hydroxyl groups is 1. The number of phenols is 1. The summed E-state index contributed by atoms with van der Waals surface area (Å²) < 4.78 is 18.4. The molecule has 0 fully saturated rings. The highest BCUT2D eigenvalue weighted by Crippen LogP contribution is 2.20. The van der Waals surface area contributed by atoms with Gasteiger partial charge in [-0.05, 0) is 32.9 Å². The van der Waals surface area contributed by atoms with Crippen molar-refractivity contribution in [3.63, 3.8) is 0 Å². The SMILES string of the molecule is CC(C)(C)OC(=O)NCC=Cc1c(O)cccc1F. The van der Waals surface area contributed by atoms with Gasteiger partial charge in [0.25, 0.3) is 0 Å². The van der Waals surface area contributed by atoms with Gasteiger partial charge >= 0.3 is 6.09 Å². The van der Waals surface area contributed by atoms with E-state index in [0.717, 1.165) is 0 Å². The van der Waals surface area contributed by atoms with Gasteiger partial charge in [0.05, 0.1) is 5.56 Å². The van der Waals surface area contributed by atoms with E-state index in [2.05, 4.69) is 5.32 Å². The van der Waals surface area contributed by atoms with Crippen LogP contribution < -0.4 is 5.32 Å². The Labute approximate surface area is 111 Å². The van der Waals surface area contributed by atoms with Gasteiger partial charge in [-0.15, -0.1) is 0 Å². The molecule has 1 amide bonds. The summed E-state index contributed by atoms with van der Waals surface area (Å²) >= 11 is 0. The summed E-state index contributed by atoms with van der Waals surface area (Å²) in [5.74, 6) is -0.665. The second-order valence-corrected chi connectivity index (χ2v) is 4.96. The van der Waals surface area contributed by atoms with Gasteiger partial charge in [0.15, 0.2) is 0 Å². The summed E-state index contributed by atoms with van der Waals surface area (Å²) in [5.41, 5.74) is -0.467. The van der Waals surface area contributed by atoms with Gasteiger partial charge in [-0.3, -0.25) is 0 Å². The van der Waals surface area contributed by atoms with Crippen molar-refractivity contribution in [2.75, 3.05) is 6.54 Å². The number of rotatable bonds is 3. The Kier molecular flexibility index (Phi) is 4.92. The quantitative estimate of drug-likeness (QED) is 0.884. The summed E-state index contributed by atoms with van der Waals surface area (Å²) in [6.07, 6.45) is 2.39. The van der Waals surface area contributed by atoms with Crippen molar-refractivity contribution < 1.29 is 19.0 Å². The van der Waals surface area contributed by atoms with Crippen LogP contribution in [0.3, 0.4) is 0 Å². The number of phenolic OH excluding ortho intramolecular Hbond substituents is 1. The van der Waals surface area contributed by atoms with Crippen LogP contribution in [0.4, 0.5) is 9.18 Å². The molecule has 0 spiro atoms. The highest BCUT2D eigenvalue weighted by Gasteiger charge is 2.15. The van der Waals surface area contributed by atoms with Gasteiger partial charge in [-0.25, -0.2) is 9.18 Å². The number of alkyl carbamates (subject to hydrolysis) is 1. The fourth-order valence-corrected chi connectivity index (χ4v) is 1.32. The standard InChI is InChI=1S/C14H18FNO3/c1-14(2,3)19-13(18)16-9-5-6-10-11(15)7-4-8-12(10)17/h4-8,17H,9H2,1-3H3,(H,16,18). The normalized spacial score (nSPS) is 11.6. The smallest absolute Gasteiger partial charge is 0.407 e. The summed E-state index contributed by atoms with van der Waals surface area (Å²) in [4.78, 5) is 11.3. The van der Waals surface area contributed by atoms with Gasteiger partial charge in [0.2, 0.25) is 0 Å². The molecule has 4 nitrogen and oxygen atoms in total. The van der Waals surface area contributed by atoms with Crippen LogP contribution in [0.15, 0.2) is 24.3 Å². The molecule has 0 aliphatic carbocycles. The number of carbonyl (C=O) groups excluding carboxylic acids is 1. The first-order valence-corrected chi connectivity index (χ1v) is 5.90. The number of benzene rings is 1. The van der Waals surface area contributed by atoms with E-state index in [1.807, 2.05) is 0 Å². The van der Waals surface area contributed by atoms with E-state index in [1.165, 1.54) is 30.4 Å². The lowest BCUT2D eigenvalue weighted by Gasteiger charge is -2.19. The number of nitrogens with one attached hydrogen (secondary N) is 1. The molecule has 0 saturated carbocycles. The Hall–Kier alpha value is -2.04. The number of carbonyl (C=O) groups is 1.